The number of methoxy groups -OCH3 is 1. The van der Waals surface area contributed by atoms with Gasteiger partial charge in [0.2, 0.25) is 17.6 Å². The highest BCUT2D eigenvalue weighted by molar-refractivity contribution is 5.87. The number of nitrogens with zero attached hydrogens (tertiary/aromatic N) is 2. The van der Waals surface area contributed by atoms with Gasteiger partial charge in [-0.2, -0.15) is 4.98 Å². The molecule has 0 aliphatic carbocycles. The number of aromatic nitrogens is 2. The summed E-state index contributed by atoms with van der Waals surface area (Å²) in [5, 5.41) is 6.93. The molecule has 150 valence electrons. The van der Waals surface area contributed by atoms with Gasteiger partial charge in [0, 0.05) is 5.56 Å². The minimum Gasteiger partial charge on any atom is -0.497 e. The normalized spacial score (nSPS) is 10.7. The molecular formula is C24H21N3O3. The van der Waals surface area contributed by atoms with E-state index in [1.165, 1.54) is 0 Å². The zero-order valence-electron chi connectivity index (χ0n) is 16.5. The van der Waals surface area contributed by atoms with Crippen molar-refractivity contribution in [2.75, 3.05) is 7.11 Å². The largest absolute Gasteiger partial charge is 0.497 e. The molecule has 1 amide bonds. The minimum atomic E-state index is -0.423. The fourth-order valence-corrected chi connectivity index (χ4v) is 3.26. The maximum absolute atomic E-state index is 13.1. The van der Waals surface area contributed by atoms with Crippen molar-refractivity contribution >= 4 is 5.91 Å². The van der Waals surface area contributed by atoms with Crippen LogP contribution >= 0.6 is 0 Å². The number of ether oxygens (including phenoxy) is 1. The molecule has 0 unspecified atom stereocenters. The zero-order chi connectivity index (χ0) is 20.8. The highest BCUT2D eigenvalue weighted by Gasteiger charge is 2.23. The van der Waals surface area contributed by atoms with E-state index in [1.54, 1.807) is 7.11 Å². The van der Waals surface area contributed by atoms with Crippen LogP contribution in [0.5, 0.6) is 5.75 Å². The predicted octanol–water partition coefficient (Wildman–Crippen LogP) is 4.19. The van der Waals surface area contributed by atoms with E-state index < -0.39 is 5.92 Å². The van der Waals surface area contributed by atoms with Gasteiger partial charge in [-0.3, -0.25) is 4.79 Å². The molecule has 0 spiro atoms. The van der Waals surface area contributed by atoms with Crippen LogP contribution in [0.4, 0.5) is 0 Å². The second kappa shape index (κ2) is 9.05. The Hall–Kier alpha value is -3.93. The third-order valence-corrected chi connectivity index (χ3v) is 4.74. The van der Waals surface area contributed by atoms with E-state index in [0.29, 0.717) is 17.5 Å². The quantitative estimate of drug-likeness (QED) is 0.504. The van der Waals surface area contributed by atoms with Gasteiger partial charge < -0.3 is 14.6 Å². The standard InChI is InChI=1S/C24H21N3O3/c1-29-20-14-8-13-19(15-20)23-26-21(30-27-23)16-25-24(28)22(17-9-4-2-5-10-17)18-11-6-3-7-12-18/h2-15,22H,16H2,1H3,(H,25,28). The van der Waals surface area contributed by atoms with Gasteiger partial charge in [0.1, 0.15) is 5.75 Å². The highest BCUT2D eigenvalue weighted by Crippen LogP contribution is 2.25. The maximum Gasteiger partial charge on any atom is 0.246 e. The van der Waals surface area contributed by atoms with Crippen molar-refractivity contribution < 1.29 is 14.1 Å². The molecule has 3 aromatic carbocycles. The van der Waals surface area contributed by atoms with Gasteiger partial charge in [0.05, 0.1) is 19.6 Å². The summed E-state index contributed by atoms with van der Waals surface area (Å²) in [5.74, 6) is 0.935. The van der Waals surface area contributed by atoms with E-state index >= 15 is 0 Å². The van der Waals surface area contributed by atoms with E-state index in [4.69, 9.17) is 9.26 Å². The number of rotatable bonds is 7. The molecule has 6 nitrogen and oxygen atoms in total. The molecule has 0 fully saturated rings. The van der Waals surface area contributed by atoms with Crippen LogP contribution in [0.15, 0.2) is 89.5 Å². The van der Waals surface area contributed by atoms with Crippen LogP contribution in [0.1, 0.15) is 22.9 Å². The lowest BCUT2D eigenvalue weighted by atomic mass is 9.90. The predicted molar refractivity (Wildman–Crippen MR) is 113 cm³/mol. The Kier molecular flexibility index (Phi) is 5.85. The molecule has 0 aliphatic rings. The molecule has 0 bridgehead atoms. The van der Waals surface area contributed by atoms with E-state index in [0.717, 1.165) is 16.7 Å². The summed E-state index contributed by atoms with van der Waals surface area (Å²) in [6.07, 6.45) is 0. The average molecular weight is 399 g/mol. The molecular weight excluding hydrogens is 378 g/mol. The number of amides is 1. The van der Waals surface area contributed by atoms with Gasteiger partial charge in [-0.1, -0.05) is 78.0 Å². The summed E-state index contributed by atoms with van der Waals surface area (Å²) in [7, 11) is 1.60. The molecule has 0 radical (unpaired) electrons. The summed E-state index contributed by atoms with van der Waals surface area (Å²) in [6, 6.07) is 26.8. The molecule has 0 aliphatic heterocycles. The van der Waals surface area contributed by atoms with Crippen molar-refractivity contribution in [2.24, 2.45) is 0 Å². The summed E-state index contributed by atoms with van der Waals surface area (Å²) in [6.45, 7) is 0.145. The molecule has 4 aromatic rings. The second-order valence-corrected chi connectivity index (χ2v) is 6.72. The number of benzene rings is 3. The zero-order valence-corrected chi connectivity index (χ0v) is 16.5. The lowest BCUT2D eigenvalue weighted by Crippen LogP contribution is -2.29. The molecule has 0 atom stereocenters. The van der Waals surface area contributed by atoms with Crippen LogP contribution in [0.2, 0.25) is 0 Å². The van der Waals surface area contributed by atoms with Crippen molar-refractivity contribution in [1.82, 2.24) is 15.5 Å². The first kappa shape index (κ1) is 19.4. The van der Waals surface area contributed by atoms with E-state index in [9.17, 15) is 4.79 Å². The smallest absolute Gasteiger partial charge is 0.246 e. The Balaban J connectivity index is 1.50. The lowest BCUT2D eigenvalue weighted by molar-refractivity contribution is -0.122. The monoisotopic (exact) mass is 399 g/mol. The van der Waals surface area contributed by atoms with Crippen LogP contribution in [0.3, 0.4) is 0 Å². The Morgan fingerprint density at radius 1 is 0.967 bits per heavy atom. The first-order valence-corrected chi connectivity index (χ1v) is 9.59. The summed E-state index contributed by atoms with van der Waals surface area (Å²) in [5.41, 5.74) is 2.62. The Bertz CT molecular complexity index is 1070. The van der Waals surface area contributed by atoms with Crippen molar-refractivity contribution in [3.05, 3.63) is 102 Å². The Morgan fingerprint density at radius 2 is 1.63 bits per heavy atom. The summed E-state index contributed by atoms with van der Waals surface area (Å²) in [4.78, 5) is 17.4. The van der Waals surface area contributed by atoms with Crippen molar-refractivity contribution in [1.29, 1.82) is 0 Å². The minimum absolute atomic E-state index is 0.131. The first-order valence-electron chi connectivity index (χ1n) is 9.59. The van der Waals surface area contributed by atoms with Crippen LogP contribution in [0.25, 0.3) is 11.4 Å². The lowest BCUT2D eigenvalue weighted by Gasteiger charge is -2.17. The number of nitrogens with one attached hydrogen (secondary N) is 1. The van der Waals surface area contributed by atoms with Crippen LogP contribution in [-0.2, 0) is 11.3 Å². The first-order chi connectivity index (χ1) is 14.7. The van der Waals surface area contributed by atoms with Crippen molar-refractivity contribution in [2.45, 2.75) is 12.5 Å². The topological polar surface area (TPSA) is 77.3 Å². The highest BCUT2D eigenvalue weighted by atomic mass is 16.5. The van der Waals surface area contributed by atoms with Crippen LogP contribution < -0.4 is 10.1 Å². The number of hydrogen-bond donors (Lipinski definition) is 1. The van der Waals surface area contributed by atoms with Crippen molar-refractivity contribution in [3.8, 4) is 17.1 Å². The molecule has 6 heteroatoms. The molecule has 0 saturated carbocycles. The Morgan fingerprint density at radius 3 is 2.27 bits per heavy atom. The molecule has 1 N–H and O–H groups in total. The number of carbonyl (C=O) groups excluding carboxylic acids is 1. The van der Waals surface area contributed by atoms with Gasteiger partial charge in [-0.15, -0.1) is 0 Å². The van der Waals surface area contributed by atoms with Crippen molar-refractivity contribution in [3.63, 3.8) is 0 Å². The fraction of sp³-hybridized carbons (Fsp3) is 0.125. The molecule has 0 saturated heterocycles. The van der Waals surface area contributed by atoms with Gasteiger partial charge >= 0.3 is 0 Å². The van der Waals surface area contributed by atoms with E-state index in [-0.39, 0.29) is 12.5 Å². The fourth-order valence-electron chi connectivity index (χ4n) is 3.26. The van der Waals surface area contributed by atoms with Crippen LogP contribution in [-0.4, -0.2) is 23.2 Å². The summed E-state index contributed by atoms with van der Waals surface area (Å²) < 4.78 is 10.5. The molecule has 1 aromatic heterocycles. The molecule has 1 heterocycles. The van der Waals surface area contributed by atoms with E-state index in [1.807, 2.05) is 84.9 Å². The number of carbonyl (C=O) groups is 1. The van der Waals surface area contributed by atoms with Gasteiger partial charge in [-0.25, -0.2) is 0 Å². The second-order valence-electron chi connectivity index (χ2n) is 6.72. The SMILES string of the molecule is COc1cccc(-c2noc(CNC(=O)C(c3ccccc3)c3ccccc3)n2)c1. The third kappa shape index (κ3) is 4.38. The van der Waals surface area contributed by atoms with Gasteiger partial charge in [-0.05, 0) is 23.3 Å². The van der Waals surface area contributed by atoms with E-state index in [2.05, 4.69) is 15.5 Å². The van der Waals surface area contributed by atoms with Gasteiger partial charge in [0.25, 0.3) is 0 Å². The molecule has 30 heavy (non-hydrogen) atoms. The average Bonchev–Trinajstić information content (AvgIpc) is 3.29. The number of hydrogen-bond acceptors (Lipinski definition) is 5. The third-order valence-electron chi connectivity index (χ3n) is 4.74. The van der Waals surface area contributed by atoms with Crippen LogP contribution in [0, 0.1) is 0 Å². The molecule has 4 rings (SSSR count). The maximum atomic E-state index is 13.1. The summed E-state index contributed by atoms with van der Waals surface area (Å²) >= 11 is 0. The van der Waals surface area contributed by atoms with Gasteiger partial charge in [0.15, 0.2) is 0 Å². The Labute approximate surface area is 174 Å².